The van der Waals surface area contributed by atoms with Crippen LogP contribution in [-0.4, -0.2) is 30.4 Å². The Morgan fingerprint density at radius 3 is 3.06 bits per heavy atom. The van der Waals surface area contributed by atoms with E-state index in [1.807, 2.05) is 24.4 Å². The van der Waals surface area contributed by atoms with Gasteiger partial charge in [0, 0.05) is 19.4 Å². The summed E-state index contributed by atoms with van der Waals surface area (Å²) in [5.41, 5.74) is 2.09. The highest BCUT2D eigenvalue weighted by atomic mass is 16.1. The number of aromatic nitrogens is 5. The smallest absolute Gasteiger partial charge is 0.172 e. The molecule has 0 fully saturated rings. The first-order valence-electron chi connectivity index (χ1n) is 5.55. The molecule has 0 aliphatic carbocycles. The topological polar surface area (TPSA) is 65.1 Å². The number of rotatable bonds is 3. The molecule has 0 saturated heterocycles. The van der Waals surface area contributed by atoms with Crippen molar-refractivity contribution >= 4 is 11.3 Å². The third-order valence-electron chi connectivity index (χ3n) is 2.72. The number of carbonyl (C=O) groups is 1. The van der Waals surface area contributed by atoms with Crippen molar-refractivity contribution in [2.75, 3.05) is 0 Å². The molecule has 0 aliphatic rings. The molecule has 0 radical (unpaired) electrons. The van der Waals surface area contributed by atoms with E-state index in [1.165, 1.54) is 0 Å². The van der Waals surface area contributed by atoms with Gasteiger partial charge in [-0.2, -0.15) is 5.10 Å². The standard InChI is InChI=1S/C12H11N5O/c1-16-8-9(14-15-16)6-12(18)10-7-13-17-5-3-2-4-11(10)17/h2-5,7-8H,6H2,1H3. The second kappa shape index (κ2) is 4.06. The van der Waals surface area contributed by atoms with Gasteiger partial charge in [0.25, 0.3) is 0 Å². The Balaban J connectivity index is 1.92. The van der Waals surface area contributed by atoms with Crippen LogP contribution < -0.4 is 0 Å². The molecule has 6 heteroatoms. The lowest BCUT2D eigenvalue weighted by Crippen LogP contribution is -2.03. The van der Waals surface area contributed by atoms with Crippen molar-refractivity contribution in [1.29, 1.82) is 0 Å². The van der Waals surface area contributed by atoms with Crippen molar-refractivity contribution in [3.63, 3.8) is 0 Å². The monoisotopic (exact) mass is 241 g/mol. The van der Waals surface area contributed by atoms with E-state index in [0.717, 1.165) is 5.52 Å². The zero-order valence-corrected chi connectivity index (χ0v) is 9.82. The summed E-state index contributed by atoms with van der Waals surface area (Å²) in [6.07, 6.45) is 5.39. The number of nitrogens with zero attached hydrogens (tertiary/aromatic N) is 5. The van der Waals surface area contributed by atoms with Crippen LogP contribution in [0, 0.1) is 0 Å². The number of hydrogen-bond donors (Lipinski definition) is 0. The summed E-state index contributed by atoms with van der Waals surface area (Å²) in [5.74, 6) is -0.00306. The first-order valence-corrected chi connectivity index (χ1v) is 5.55. The van der Waals surface area contributed by atoms with E-state index in [1.54, 1.807) is 28.6 Å². The SMILES string of the molecule is Cn1cc(CC(=O)c2cnn3ccccc23)nn1. The molecular formula is C12H11N5O. The van der Waals surface area contributed by atoms with Gasteiger partial charge in [-0.1, -0.05) is 11.3 Å². The van der Waals surface area contributed by atoms with E-state index in [-0.39, 0.29) is 12.2 Å². The predicted molar refractivity (Wildman–Crippen MR) is 64.2 cm³/mol. The van der Waals surface area contributed by atoms with Crippen LogP contribution in [0.2, 0.25) is 0 Å². The fourth-order valence-electron chi connectivity index (χ4n) is 1.89. The van der Waals surface area contributed by atoms with Gasteiger partial charge in [-0.3, -0.25) is 9.48 Å². The summed E-state index contributed by atoms with van der Waals surface area (Å²) in [5, 5.41) is 11.9. The number of Topliss-reactive ketones (excluding diaryl/α,β-unsaturated/α-hetero) is 1. The summed E-state index contributed by atoms with van der Waals surface area (Å²) in [4.78, 5) is 12.2. The number of fused-ring (bicyclic) bond motifs is 1. The number of pyridine rings is 1. The molecule has 0 aromatic carbocycles. The second-order valence-electron chi connectivity index (χ2n) is 4.07. The van der Waals surface area contributed by atoms with Crippen LogP contribution in [-0.2, 0) is 13.5 Å². The Kier molecular flexibility index (Phi) is 2.40. The number of aryl methyl sites for hydroxylation is 1. The van der Waals surface area contributed by atoms with Crippen LogP contribution in [0.15, 0.2) is 36.8 Å². The minimum atomic E-state index is -0.00306. The van der Waals surface area contributed by atoms with Gasteiger partial charge >= 0.3 is 0 Å². The van der Waals surface area contributed by atoms with E-state index in [0.29, 0.717) is 11.3 Å². The first-order chi connectivity index (χ1) is 8.74. The zero-order valence-electron chi connectivity index (χ0n) is 9.82. The summed E-state index contributed by atoms with van der Waals surface area (Å²) < 4.78 is 3.27. The molecule has 0 unspecified atom stereocenters. The Morgan fingerprint density at radius 1 is 1.39 bits per heavy atom. The van der Waals surface area contributed by atoms with Gasteiger partial charge in [0.05, 0.1) is 29.4 Å². The maximum atomic E-state index is 12.2. The van der Waals surface area contributed by atoms with E-state index in [2.05, 4.69) is 15.4 Å². The minimum absolute atomic E-state index is 0.00306. The Morgan fingerprint density at radius 2 is 2.28 bits per heavy atom. The molecule has 6 nitrogen and oxygen atoms in total. The van der Waals surface area contributed by atoms with E-state index in [9.17, 15) is 4.79 Å². The van der Waals surface area contributed by atoms with Gasteiger partial charge in [-0.15, -0.1) is 5.10 Å². The quantitative estimate of drug-likeness (QED) is 0.639. The number of hydrogen-bond acceptors (Lipinski definition) is 4. The van der Waals surface area contributed by atoms with Crippen molar-refractivity contribution < 1.29 is 4.79 Å². The Hall–Kier alpha value is -2.50. The second-order valence-corrected chi connectivity index (χ2v) is 4.07. The van der Waals surface area contributed by atoms with Gasteiger partial charge < -0.3 is 0 Å². The fourth-order valence-corrected chi connectivity index (χ4v) is 1.89. The molecule has 3 aromatic heterocycles. The highest BCUT2D eigenvalue weighted by Crippen LogP contribution is 2.12. The number of carbonyl (C=O) groups excluding carboxylic acids is 1. The highest BCUT2D eigenvalue weighted by Gasteiger charge is 2.14. The number of ketones is 1. The lowest BCUT2D eigenvalue weighted by Gasteiger charge is -1.96. The molecule has 0 saturated carbocycles. The van der Waals surface area contributed by atoms with Crippen LogP contribution in [0.1, 0.15) is 16.1 Å². The van der Waals surface area contributed by atoms with Crippen LogP contribution in [0.3, 0.4) is 0 Å². The van der Waals surface area contributed by atoms with E-state index < -0.39 is 0 Å². The minimum Gasteiger partial charge on any atom is -0.294 e. The maximum absolute atomic E-state index is 12.2. The van der Waals surface area contributed by atoms with Gasteiger partial charge in [0.1, 0.15) is 0 Å². The molecular weight excluding hydrogens is 230 g/mol. The molecule has 0 aliphatic heterocycles. The zero-order chi connectivity index (χ0) is 12.5. The molecule has 3 aromatic rings. The molecule has 0 spiro atoms. The molecule has 0 bridgehead atoms. The summed E-state index contributed by atoms with van der Waals surface area (Å²) in [7, 11) is 1.77. The Bertz CT molecular complexity index is 712. The van der Waals surface area contributed by atoms with Crippen molar-refractivity contribution in [3.05, 3.63) is 48.0 Å². The van der Waals surface area contributed by atoms with E-state index >= 15 is 0 Å². The van der Waals surface area contributed by atoms with Crippen molar-refractivity contribution in [2.45, 2.75) is 6.42 Å². The average Bonchev–Trinajstić information content (AvgIpc) is 2.95. The van der Waals surface area contributed by atoms with Gasteiger partial charge in [0.15, 0.2) is 5.78 Å². The third kappa shape index (κ3) is 1.77. The summed E-state index contributed by atoms with van der Waals surface area (Å²) in [6.45, 7) is 0. The molecule has 3 heterocycles. The molecule has 0 atom stereocenters. The largest absolute Gasteiger partial charge is 0.294 e. The van der Waals surface area contributed by atoms with Gasteiger partial charge in [-0.25, -0.2) is 4.52 Å². The van der Waals surface area contributed by atoms with Crippen LogP contribution in [0.4, 0.5) is 0 Å². The maximum Gasteiger partial charge on any atom is 0.172 e. The lowest BCUT2D eigenvalue weighted by molar-refractivity contribution is 0.0993. The van der Waals surface area contributed by atoms with E-state index in [4.69, 9.17) is 0 Å². The fraction of sp³-hybridized carbons (Fsp3) is 0.167. The molecule has 18 heavy (non-hydrogen) atoms. The first kappa shape index (κ1) is 10.6. The molecule has 0 amide bonds. The van der Waals surface area contributed by atoms with Crippen molar-refractivity contribution in [1.82, 2.24) is 24.6 Å². The lowest BCUT2D eigenvalue weighted by atomic mass is 10.1. The van der Waals surface area contributed by atoms with Crippen molar-refractivity contribution in [3.8, 4) is 0 Å². The predicted octanol–water partition coefficient (Wildman–Crippen LogP) is 0.888. The highest BCUT2D eigenvalue weighted by molar-refractivity contribution is 6.03. The summed E-state index contributed by atoms with van der Waals surface area (Å²) in [6, 6.07) is 5.63. The van der Waals surface area contributed by atoms with Gasteiger partial charge in [0.2, 0.25) is 0 Å². The normalized spacial score (nSPS) is 10.9. The average molecular weight is 241 g/mol. The molecule has 3 rings (SSSR count). The van der Waals surface area contributed by atoms with Crippen LogP contribution >= 0.6 is 0 Å². The van der Waals surface area contributed by atoms with Gasteiger partial charge in [-0.05, 0) is 12.1 Å². The summed E-state index contributed by atoms with van der Waals surface area (Å²) >= 11 is 0. The Labute approximate surface area is 103 Å². The molecule has 90 valence electrons. The van der Waals surface area contributed by atoms with Crippen LogP contribution in [0.5, 0.6) is 0 Å². The van der Waals surface area contributed by atoms with Crippen LogP contribution in [0.25, 0.3) is 5.52 Å². The third-order valence-corrected chi connectivity index (χ3v) is 2.72. The molecule has 0 N–H and O–H groups in total. The van der Waals surface area contributed by atoms with Crippen molar-refractivity contribution in [2.24, 2.45) is 7.05 Å².